The van der Waals surface area contributed by atoms with E-state index in [9.17, 15) is 24.0 Å². The van der Waals surface area contributed by atoms with Gasteiger partial charge >= 0.3 is 17.9 Å². The third-order valence-electron chi connectivity index (χ3n) is 5.35. The number of anilines is 1. The van der Waals surface area contributed by atoms with Gasteiger partial charge in [-0.05, 0) is 57.5 Å². The van der Waals surface area contributed by atoms with Crippen molar-refractivity contribution >= 4 is 35.4 Å². The minimum absolute atomic E-state index is 0.0175. The van der Waals surface area contributed by atoms with Crippen LogP contribution < -0.4 is 9.64 Å². The molecule has 2 amide bonds. The number of esters is 3. The summed E-state index contributed by atoms with van der Waals surface area (Å²) in [4.78, 5) is 67.0. The topological polar surface area (TPSA) is 126 Å². The van der Waals surface area contributed by atoms with Crippen molar-refractivity contribution in [2.45, 2.75) is 27.7 Å². The Hall–Kier alpha value is -4.21. The smallest absolute Gasteiger partial charge is 0.339 e. The number of ether oxygens (including phenoxy) is 4. The summed E-state index contributed by atoms with van der Waals surface area (Å²) in [6.45, 7) is 5.89. The first-order valence-electron chi connectivity index (χ1n) is 11.0. The summed E-state index contributed by atoms with van der Waals surface area (Å²) in [6.07, 6.45) is 0. The average Bonchev–Trinajstić information content (AvgIpc) is 3.09. The summed E-state index contributed by atoms with van der Waals surface area (Å²) in [7, 11) is 1.47. The number of imide groups is 1. The number of rotatable bonds is 8. The molecule has 0 N–H and O–H groups in total. The molecular weight excluding hydrogens is 458 g/mol. The third kappa shape index (κ3) is 4.34. The Morgan fingerprint density at radius 3 is 1.66 bits per heavy atom. The molecule has 0 radical (unpaired) electrons. The number of nitrogens with zero attached hydrogens (tertiary/aromatic N) is 1. The van der Waals surface area contributed by atoms with E-state index in [1.807, 2.05) is 0 Å². The highest BCUT2D eigenvalue weighted by molar-refractivity contribution is 6.38. The van der Waals surface area contributed by atoms with Crippen molar-refractivity contribution in [3.05, 3.63) is 57.6 Å². The highest BCUT2D eigenvalue weighted by atomic mass is 16.5. The van der Waals surface area contributed by atoms with Crippen LogP contribution in [0.5, 0.6) is 5.75 Å². The second-order valence-corrected chi connectivity index (χ2v) is 7.31. The molecule has 1 aliphatic rings. The quantitative estimate of drug-likeness (QED) is 0.316. The van der Waals surface area contributed by atoms with Crippen LogP contribution in [0.1, 0.15) is 78.1 Å². The molecule has 10 heteroatoms. The Balaban J connectivity index is 2.39. The zero-order chi connectivity index (χ0) is 25.9. The second kappa shape index (κ2) is 10.4. The van der Waals surface area contributed by atoms with Crippen LogP contribution in [0.2, 0.25) is 0 Å². The molecule has 3 rings (SSSR count). The van der Waals surface area contributed by atoms with Gasteiger partial charge in [0.25, 0.3) is 11.8 Å². The summed E-state index contributed by atoms with van der Waals surface area (Å²) in [5.41, 5.74) is -1.61. The second-order valence-electron chi connectivity index (χ2n) is 7.31. The molecule has 0 fully saturated rings. The molecule has 0 aromatic heterocycles. The van der Waals surface area contributed by atoms with Crippen molar-refractivity contribution in [3.8, 4) is 5.75 Å². The average molecular weight is 483 g/mol. The SMILES string of the molecule is CCOC(=O)c1c(C)c2c(c(C(=O)OCC)c1C(=O)OCC)C(=O)N(c1ccc(OC)cc1)C2=O. The molecule has 35 heavy (non-hydrogen) atoms. The number of hydrogen-bond acceptors (Lipinski definition) is 9. The molecule has 2 aromatic carbocycles. The minimum Gasteiger partial charge on any atom is -0.497 e. The van der Waals surface area contributed by atoms with E-state index in [1.54, 1.807) is 32.9 Å². The monoisotopic (exact) mass is 483 g/mol. The number of carbonyl (C=O) groups is 5. The fraction of sp³-hybridized carbons (Fsp3) is 0.320. The van der Waals surface area contributed by atoms with Gasteiger partial charge in [-0.15, -0.1) is 0 Å². The zero-order valence-electron chi connectivity index (χ0n) is 20.1. The largest absolute Gasteiger partial charge is 0.497 e. The first kappa shape index (κ1) is 25.4. The highest BCUT2D eigenvalue weighted by Crippen LogP contribution is 2.38. The number of fused-ring (bicyclic) bond motifs is 1. The first-order chi connectivity index (χ1) is 16.7. The van der Waals surface area contributed by atoms with Gasteiger partial charge in [-0.3, -0.25) is 9.59 Å². The van der Waals surface area contributed by atoms with Crippen molar-refractivity contribution in [2.75, 3.05) is 31.8 Å². The maximum Gasteiger partial charge on any atom is 0.339 e. The van der Waals surface area contributed by atoms with Crippen LogP contribution in [0, 0.1) is 6.92 Å². The standard InChI is InChI=1S/C25H25NO9/c1-6-33-23(29)17-13(4)16-18(20(25(31)35-8-3)19(17)24(30)34-7-2)22(28)26(21(16)27)14-9-11-15(32-5)12-10-14/h9-12H,6-8H2,1-5H3. The molecule has 0 saturated carbocycles. The Morgan fingerprint density at radius 1 is 0.714 bits per heavy atom. The van der Waals surface area contributed by atoms with Gasteiger partial charge in [0, 0.05) is 0 Å². The molecule has 10 nitrogen and oxygen atoms in total. The molecule has 0 unspecified atom stereocenters. The first-order valence-corrected chi connectivity index (χ1v) is 11.0. The lowest BCUT2D eigenvalue weighted by Gasteiger charge is -2.17. The summed E-state index contributed by atoms with van der Waals surface area (Å²) in [6, 6.07) is 6.12. The van der Waals surface area contributed by atoms with Crippen LogP contribution in [-0.4, -0.2) is 56.7 Å². The summed E-state index contributed by atoms with van der Waals surface area (Å²) in [5.74, 6) is -4.11. The Morgan fingerprint density at radius 2 is 1.17 bits per heavy atom. The minimum atomic E-state index is -1.05. The Labute approximate surface area is 201 Å². The maximum absolute atomic E-state index is 13.6. The van der Waals surface area contributed by atoms with E-state index in [2.05, 4.69) is 0 Å². The molecule has 0 spiro atoms. The third-order valence-corrected chi connectivity index (χ3v) is 5.35. The Kier molecular flexibility index (Phi) is 7.53. The fourth-order valence-electron chi connectivity index (χ4n) is 3.91. The van der Waals surface area contributed by atoms with E-state index in [-0.39, 0.29) is 47.8 Å². The van der Waals surface area contributed by atoms with Gasteiger partial charge in [-0.25, -0.2) is 19.3 Å². The van der Waals surface area contributed by atoms with E-state index in [1.165, 1.54) is 26.2 Å². The highest BCUT2D eigenvalue weighted by Gasteiger charge is 2.46. The van der Waals surface area contributed by atoms with Gasteiger partial charge in [-0.2, -0.15) is 0 Å². The van der Waals surface area contributed by atoms with Crippen LogP contribution in [0.15, 0.2) is 24.3 Å². The normalized spacial score (nSPS) is 12.3. The molecule has 1 aliphatic heterocycles. The van der Waals surface area contributed by atoms with Crippen LogP contribution in [0.25, 0.3) is 0 Å². The van der Waals surface area contributed by atoms with Crippen LogP contribution in [0.3, 0.4) is 0 Å². The van der Waals surface area contributed by atoms with Crippen molar-refractivity contribution in [2.24, 2.45) is 0 Å². The van der Waals surface area contributed by atoms with Gasteiger partial charge < -0.3 is 18.9 Å². The fourth-order valence-corrected chi connectivity index (χ4v) is 3.91. The lowest BCUT2D eigenvalue weighted by atomic mass is 9.87. The zero-order valence-corrected chi connectivity index (χ0v) is 20.1. The van der Waals surface area contributed by atoms with Crippen molar-refractivity contribution < 1.29 is 42.9 Å². The molecule has 0 bridgehead atoms. The van der Waals surface area contributed by atoms with E-state index >= 15 is 0 Å². The number of amides is 2. The number of hydrogen-bond donors (Lipinski definition) is 0. The number of carbonyl (C=O) groups excluding carboxylic acids is 5. The molecule has 0 saturated heterocycles. The Bertz CT molecular complexity index is 1210. The summed E-state index contributed by atoms with van der Waals surface area (Å²) < 4.78 is 20.4. The van der Waals surface area contributed by atoms with Crippen LogP contribution >= 0.6 is 0 Å². The predicted molar refractivity (Wildman–Crippen MR) is 123 cm³/mol. The van der Waals surface area contributed by atoms with E-state index in [4.69, 9.17) is 18.9 Å². The van der Waals surface area contributed by atoms with E-state index in [0.29, 0.717) is 5.75 Å². The van der Waals surface area contributed by atoms with Gasteiger partial charge in [0.15, 0.2) is 0 Å². The van der Waals surface area contributed by atoms with Crippen molar-refractivity contribution in [3.63, 3.8) is 0 Å². The van der Waals surface area contributed by atoms with Gasteiger partial charge in [0.2, 0.25) is 0 Å². The summed E-state index contributed by atoms with van der Waals surface area (Å²) >= 11 is 0. The van der Waals surface area contributed by atoms with Gasteiger partial charge in [0.05, 0.1) is 60.4 Å². The maximum atomic E-state index is 13.6. The van der Waals surface area contributed by atoms with E-state index in [0.717, 1.165) is 4.90 Å². The van der Waals surface area contributed by atoms with Crippen molar-refractivity contribution in [1.29, 1.82) is 0 Å². The molecule has 184 valence electrons. The number of benzene rings is 2. The van der Waals surface area contributed by atoms with E-state index < -0.39 is 40.8 Å². The number of methoxy groups -OCH3 is 1. The molecular formula is C25H25NO9. The van der Waals surface area contributed by atoms with Crippen molar-refractivity contribution in [1.82, 2.24) is 0 Å². The van der Waals surface area contributed by atoms with Crippen LogP contribution in [-0.2, 0) is 14.2 Å². The lowest BCUT2D eigenvalue weighted by Crippen LogP contribution is -2.30. The molecule has 1 heterocycles. The van der Waals surface area contributed by atoms with Crippen LogP contribution in [0.4, 0.5) is 5.69 Å². The molecule has 2 aromatic rings. The van der Waals surface area contributed by atoms with Gasteiger partial charge in [-0.1, -0.05) is 0 Å². The summed E-state index contributed by atoms with van der Waals surface area (Å²) in [5, 5.41) is 0. The molecule has 0 aliphatic carbocycles. The molecule has 0 atom stereocenters. The predicted octanol–water partition coefficient (Wildman–Crippen LogP) is 3.33. The lowest BCUT2D eigenvalue weighted by molar-refractivity contribution is 0.0457. The van der Waals surface area contributed by atoms with Gasteiger partial charge in [0.1, 0.15) is 5.75 Å².